The van der Waals surface area contributed by atoms with Gasteiger partial charge in [0.2, 0.25) is 11.1 Å². The predicted molar refractivity (Wildman–Crippen MR) is 120 cm³/mol. The van der Waals surface area contributed by atoms with Gasteiger partial charge in [-0.2, -0.15) is 5.10 Å². The number of carbonyl (C=O) groups excluding carboxylic acids is 1. The van der Waals surface area contributed by atoms with Crippen LogP contribution in [0.3, 0.4) is 0 Å². The number of halogens is 1. The Labute approximate surface area is 182 Å². The van der Waals surface area contributed by atoms with Crippen LogP contribution in [0.25, 0.3) is 0 Å². The standard InChI is InChI=1S/C19H20ClN7O2S/c1-12(13-6-4-3-5-7-13)23-24-18-25-26-19(27(18)21)30-11-17(28)22-15-10-14(20)8-9-16(15)29-2/h3-10H,11,21H2,1-2H3,(H,22,28)(H,24,25)/b23-12+. The monoisotopic (exact) mass is 445 g/mol. The number of nitrogen functional groups attached to an aromatic ring is 1. The molecule has 0 spiro atoms. The molecule has 0 bridgehead atoms. The predicted octanol–water partition coefficient (Wildman–Crippen LogP) is 3.22. The third-order valence-electron chi connectivity index (χ3n) is 3.95. The van der Waals surface area contributed by atoms with Crippen molar-refractivity contribution in [1.29, 1.82) is 0 Å². The van der Waals surface area contributed by atoms with E-state index in [1.165, 1.54) is 11.8 Å². The summed E-state index contributed by atoms with van der Waals surface area (Å²) in [4.78, 5) is 12.3. The number of aromatic nitrogens is 3. The molecule has 0 saturated heterocycles. The number of hydrogen-bond acceptors (Lipinski definition) is 8. The molecule has 3 rings (SSSR count). The van der Waals surface area contributed by atoms with Crippen molar-refractivity contribution in [1.82, 2.24) is 14.9 Å². The highest BCUT2D eigenvalue weighted by Crippen LogP contribution is 2.28. The van der Waals surface area contributed by atoms with Gasteiger partial charge >= 0.3 is 0 Å². The van der Waals surface area contributed by atoms with Gasteiger partial charge in [0.05, 0.1) is 24.3 Å². The van der Waals surface area contributed by atoms with Gasteiger partial charge in [-0.05, 0) is 30.7 Å². The quantitative estimate of drug-likeness (QED) is 0.211. The topological polar surface area (TPSA) is 119 Å². The summed E-state index contributed by atoms with van der Waals surface area (Å²) < 4.78 is 6.45. The fourth-order valence-corrected chi connectivity index (χ4v) is 3.25. The summed E-state index contributed by atoms with van der Waals surface area (Å²) in [6.07, 6.45) is 0. The molecule has 0 aliphatic heterocycles. The van der Waals surface area contributed by atoms with Crippen LogP contribution >= 0.6 is 23.4 Å². The van der Waals surface area contributed by atoms with Crippen LogP contribution < -0.4 is 21.3 Å². The maximum atomic E-state index is 12.3. The van der Waals surface area contributed by atoms with Crippen molar-refractivity contribution in [3.05, 3.63) is 59.1 Å². The summed E-state index contributed by atoms with van der Waals surface area (Å²) >= 11 is 7.11. The summed E-state index contributed by atoms with van der Waals surface area (Å²) in [6.45, 7) is 1.86. The van der Waals surface area contributed by atoms with E-state index in [0.29, 0.717) is 21.6 Å². The SMILES string of the molecule is COc1ccc(Cl)cc1NC(=O)CSc1nnc(N/N=C(\C)c2ccccc2)n1N. The molecule has 156 valence electrons. The van der Waals surface area contributed by atoms with Gasteiger partial charge in [0.15, 0.2) is 0 Å². The number of benzene rings is 2. The minimum atomic E-state index is -0.268. The van der Waals surface area contributed by atoms with E-state index in [1.54, 1.807) is 18.2 Å². The summed E-state index contributed by atoms with van der Waals surface area (Å²) in [7, 11) is 1.51. The lowest BCUT2D eigenvalue weighted by Gasteiger charge is -2.10. The Balaban J connectivity index is 1.59. The van der Waals surface area contributed by atoms with Gasteiger partial charge in [-0.3, -0.25) is 4.79 Å². The molecule has 11 heteroatoms. The number of nitrogens with one attached hydrogen (secondary N) is 2. The number of carbonyl (C=O) groups is 1. The second kappa shape index (κ2) is 9.99. The van der Waals surface area contributed by atoms with Crippen LogP contribution in [0.5, 0.6) is 5.75 Å². The summed E-state index contributed by atoms with van der Waals surface area (Å²) in [5.41, 5.74) is 5.01. The number of hydrogen-bond donors (Lipinski definition) is 3. The van der Waals surface area contributed by atoms with Crippen molar-refractivity contribution in [2.45, 2.75) is 12.1 Å². The van der Waals surface area contributed by atoms with Crippen LogP contribution in [0.2, 0.25) is 5.02 Å². The molecule has 9 nitrogen and oxygen atoms in total. The van der Waals surface area contributed by atoms with Crippen molar-refractivity contribution in [2.24, 2.45) is 5.10 Å². The molecular weight excluding hydrogens is 426 g/mol. The van der Waals surface area contributed by atoms with E-state index in [0.717, 1.165) is 23.0 Å². The molecule has 0 fully saturated rings. The van der Waals surface area contributed by atoms with Gasteiger partial charge in [-0.15, -0.1) is 10.2 Å². The highest BCUT2D eigenvalue weighted by molar-refractivity contribution is 7.99. The second-order valence-corrected chi connectivity index (χ2v) is 7.41. The van der Waals surface area contributed by atoms with Gasteiger partial charge in [-0.25, -0.2) is 10.1 Å². The van der Waals surface area contributed by atoms with Gasteiger partial charge < -0.3 is 15.9 Å². The van der Waals surface area contributed by atoms with Crippen molar-refractivity contribution >= 4 is 46.6 Å². The Morgan fingerprint density at radius 3 is 2.77 bits per heavy atom. The summed E-state index contributed by atoms with van der Waals surface area (Å²) in [5.74, 6) is 6.57. The molecule has 0 saturated carbocycles. The molecule has 0 radical (unpaired) electrons. The average molecular weight is 446 g/mol. The van der Waals surface area contributed by atoms with E-state index in [1.807, 2.05) is 37.3 Å². The molecule has 0 aliphatic carbocycles. The average Bonchev–Trinajstić information content (AvgIpc) is 3.10. The first-order valence-corrected chi connectivity index (χ1v) is 10.2. The Morgan fingerprint density at radius 1 is 1.27 bits per heavy atom. The molecule has 4 N–H and O–H groups in total. The number of hydrazone groups is 1. The highest BCUT2D eigenvalue weighted by Gasteiger charge is 2.14. The minimum absolute atomic E-state index is 0.0668. The Morgan fingerprint density at radius 2 is 2.03 bits per heavy atom. The molecule has 1 heterocycles. The third-order valence-corrected chi connectivity index (χ3v) is 5.13. The molecular formula is C19H20ClN7O2S. The molecule has 1 amide bonds. The lowest BCUT2D eigenvalue weighted by atomic mass is 10.1. The Bertz CT molecular complexity index is 1060. The van der Waals surface area contributed by atoms with Crippen LogP contribution in [-0.2, 0) is 4.79 Å². The van der Waals surface area contributed by atoms with E-state index >= 15 is 0 Å². The van der Waals surface area contributed by atoms with Crippen LogP contribution in [0.15, 0.2) is 58.8 Å². The van der Waals surface area contributed by atoms with E-state index < -0.39 is 0 Å². The van der Waals surface area contributed by atoms with Crippen LogP contribution in [-0.4, -0.2) is 39.4 Å². The van der Waals surface area contributed by atoms with E-state index in [9.17, 15) is 4.79 Å². The minimum Gasteiger partial charge on any atom is -0.495 e. The van der Waals surface area contributed by atoms with E-state index in [2.05, 4.69) is 26.0 Å². The van der Waals surface area contributed by atoms with E-state index in [-0.39, 0.29) is 17.6 Å². The molecule has 1 aromatic heterocycles. The van der Waals surface area contributed by atoms with Crippen LogP contribution in [0, 0.1) is 0 Å². The first kappa shape index (κ1) is 21.5. The zero-order chi connectivity index (χ0) is 21.5. The van der Waals surface area contributed by atoms with Crippen molar-refractivity contribution in [2.75, 3.05) is 29.4 Å². The van der Waals surface area contributed by atoms with Gasteiger partial charge in [-0.1, -0.05) is 53.7 Å². The molecule has 0 aliphatic rings. The molecule has 0 unspecified atom stereocenters. The maximum Gasteiger partial charge on any atom is 0.264 e. The van der Waals surface area contributed by atoms with Gasteiger partial charge in [0, 0.05) is 5.02 Å². The number of rotatable bonds is 8. The first-order chi connectivity index (χ1) is 14.5. The fraction of sp³-hybridized carbons (Fsp3) is 0.158. The highest BCUT2D eigenvalue weighted by atomic mass is 35.5. The number of ether oxygens (including phenoxy) is 1. The third kappa shape index (κ3) is 5.43. The zero-order valence-electron chi connectivity index (χ0n) is 16.3. The largest absolute Gasteiger partial charge is 0.495 e. The lowest BCUT2D eigenvalue weighted by molar-refractivity contribution is -0.113. The Hall–Kier alpha value is -3.24. The lowest BCUT2D eigenvalue weighted by Crippen LogP contribution is -2.17. The molecule has 0 atom stereocenters. The number of nitrogens with two attached hydrogens (primary N) is 1. The number of thioether (sulfide) groups is 1. The van der Waals surface area contributed by atoms with Gasteiger partial charge in [0.25, 0.3) is 5.95 Å². The zero-order valence-corrected chi connectivity index (χ0v) is 17.9. The van der Waals surface area contributed by atoms with Crippen molar-refractivity contribution in [3.63, 3.8) is 0 Å². The Kier molecular flexibility index (Phi) is 7.15. The van der Waals surface area contributed by atoms with Gasteiger partial charge in [0.1, 0.15) is 5.75 Å². The van der Waals surface area contributed by atoms with E-state index in [4.69, 9.17) is 22.2 Å². The number of methoxy groups -OCH3 is 1. The smallest absolute Gasteiger partial charge is 0.264 e. The van der Waals surface area contributed by atoms with Crippen LogP contribution in [0.4, 0.5) is 11.6 Å². The van der Waals surface area contributed by atoms with Crippen molar-refractivity contribution in [3.8, 4) is 5.75 Å². The number of amides is 1. The fourth-order valence-electron chi connectivity index (χ4n) is 2.42. The normalized spacial score (nSPS) is 11.2. The van der Waals surface area contributed by atoms with Crippen LogP contribution in [0.1, 0.15) is 12.5 Å². The molecule has 30 heavy (non-hydrogen) atoms. The summed E-state index contributed by atoms with van der Waals surface area (Å²) in [6, 6.07) is 14.7. The number of anilines is 2. The van der Waals surface area contributed by atoms with Crippen molar-refractivity contribution < 1.29 is 9.53 Å². The maximum absolute atomic E-state index is 12.3. The molecule has 3 aromatic rings. The second-order valence-electron chi connectivity index (χ2n) is 6.03. The first-order valence-electron chi connectivity index (χ1n) is 8.80. The number of nitrogens with zero attached hydrogens (tertiary/aromatic N) is 4. The molecule has 2 aromatic carbocycles. The summed E-state index contributed by atoms with van der Waals surface area (Å²) in [5, 5.41) is 15.8.